The van der Waals surface area contributed by atoms with E-state index in [0.717, 1.165) is 89.1 Å². The van der Waals surface area contributed by atoms with Gasteiger partial charge in [-0.15, -0.1) is 0 Å². The molecule has 0 radical (unpaired) electrons. The van der Waals surface area contributed by atoms with Crippen LogP contribution in [0.25, 0.3) is 21.9 Å². The first kappa shape index (κ1) is 21.9. The molecule has 0 aliphatic carbocycles. The van der Waals surface area contributed by atoms with Crippen LogP contribution in [0.4, 0.5) is 5.95 Å². The van der Waals surface area contributed by atoms with Gasteiger partial charge in [-0.1, -0.05) is 11.6 Å². The number of benzene rings is 2. The topological polar surface area (TPSA) is 79.0 Å². The summed E-state index contributed by atoms with van der Waals surface area (Å²) in [5, 5.41) is 5.47. The molecule has 172 valence electrons. The number of aromatic amines is 1. The molecule has 0 amide bonds. The molecule has 0 saturated carbocycles. The number of rotatable bonds is 7. The number of imidazole rings is 1. The van der Waals surface area contributed by atoms with Gasteiger partial charge in [-0.25, -0.2) is 15.0 Å². The minimum absolute atomic E-state index is 0.496. The summed E-state index contributed by atoms with van der Waals surface area (Å²) in [7, 11) is 0. The first-order chi connectivity index (χ1) is 16.1. The summed E-state index contributed by atoms with van der Waals surface area (Å²) in [6, 6.07) is 12.3. The number of piperidine rings is 1. The first-order valence-corrected chi connectivity index (χ1v) is 12.0. The van der Waals surface area contributed by atoms with E-state index in [-0.39, 0.29) is 0 Å². The van der Waals surface area contributed by atoms with Crippen molar-refractivity contribution in [3.05, 3.63) is 52.9 Å². The van der Waals surface area contributed by atoms with E-state index < -0.39 is 0 Å². The van der Waals surface area contributed by atoms with Crippen LogP contribution in [0.3, 0.4) is 0 Å². The number of hydrogen-bond acceptors (Lipinski definition) is 6. The monoisotopic (exact) mass is 464 g/mol. The Hall–Kier alpha value is -2.90. The van der Waals surface area contributed by atoms with Gasteiger partial charge in [0.05, 0.1) is 28.9 Å². The highest BCUT2D eigenvalue weighted by molar-refractivity contribution is 6.31. The number of ether oxygens (including phenoxy) is 1. The van der Waals surface area contributed by atoms with Crippen LogP contribution in [-0.4, -0.2) is 52.2 Å². The average Bonchev–Trinajstić information content (AvgIpc) is 3.22. The van der Waals surface area contributed by atoms with Gasteiger partial charge in [-0.3, -0.25) is 0 Å². The lowest BCUT2D eigenvalue weighted by molar-refractivity contribution is 0.340. The molecule has 0 unspecified atom stereocenters. The number of aromatic nitrogens is 4. The van der Waals surface area contributed by atoms with Gasteiger partial charge < -0.3 is 19.9 Å². The second kappa shape index (κ2) is 9.53. The van der Waals surface area contributed by atoms with Crippen LogP contribution < -0.4 is 15.0 Å². The van der Waals surface area contributed by atoms with Gasteiger partial charge in [0.25, 0.3) is 0 Å². The van der Waals surface area contributed by atoms with E-state index in [0.29, 0.717) is 12.6 Å². The SMILES string of the molecule is CCOc1ccc2nc(N3CCC(NCCc4nc5ccc(Cl)cc5[nH]4)CC3)nc(C)c2c1. The number of H-pyrrole nitrogens is 1. The van der Waals surface area contributed by atoms with Crippen molar-refractivity contribution < 1.29 is 4.74 Å². The van der Waals surface area contributed by atoms with E-state index in [9.17, 15) is 0 Å². The molecule has 1 saturated heterocycles. The van der Waals surface area contributed by atoms with E-state index in [1.807, 2.05) is 50.2 Å². The van der Waals surface area contributed by atoms with E-state index in [4.69, 9.17) is 26.3 Å². The van der Waals surface area contributed by atoms with Crippen molar-refractivity contribution in [2.45, 2.75) is 39.2 Å². The van der Waals surface area contributed by atoms with E-state index >= 15 is 0 Å². The molecule has 2 N–H and O–H groups in total. The minimum Gasteiger partial charge on any atom is -0.494 e. The lowest BCUT2D eigenvalue weighted by atomic mass is 10.1. The number of anilines is 1. The van der Waals surface area contributed by atoms with E-state index in [1.165, 1.54) is 0 Å². The number of nitrogens with zero attached hydrogens (tertiary/aromatic N) is 4. The van der Waals surface area contributed by atoms with Crippen LogP contribution in [0.15, 0.2) is 36.4 Å². The van der Waals surface area contributed by atoms with Crippen molar-refractivity contribution in [3.8, 4) is 5.75 Å². The summed E-state index contributed by atoms with van der Waals surface area (Å²) in [5.41, 5.74) is 3.91. The maximum atomic E-state index is 6.07. The van der Waals surface area contributed by atoms with Crippen LogP contribution in [0.5, 0.6) is 5.75 Å². The van der Waals surface area contributed by atoms with Crippen molar-refractivity contribution in [1.82, 2.24) is 25.3 Å². The molecule has 1 aliphatic rings. The van der Waals surface area contributed by atoms with Crippen molar-refractivity contribution >= 4 is 39.5 Å². The Morgan fingerprint density at radius 2 is 1.91 bits per heavy atom. The Kier molecular flexibility index (Phi) is 6.33. The largest absolute Gasteiger partial charge is 0.494 e. The number of hydrogen-bond donors (Lipinski definition) is 2. The molecule has 2 aromatic heterocycles. The van der Waals surface area contributed by atoms with Gasteiger partial charge in [0.15, 0.2) is 0 Å². The fourth-order valence-electron chi connectivity index (χ4n) is 4.47. The predicted molar refractivity (Wildman–Crippen MR) is 133 cm³/mol. The number of halogens is 1. The highest BCUT2D eigenvalue weighted by Crippen LogP contribution is 2.25. The molecule has 8 heteroatoms. The Balaban J connectivity index is 1.16. The van der Waals surface area contributed by atoms with Crippen molar-refractivity contribution in [2.24, 2.45) is 0 Å². The lowest BCUT2D eigenvalue weighted by Gasteiger charge is -2.32. The molecule has 5 rings (SSSR count). The Morgan fingerprint density at radius 3 is 2.73 bits per heavy atom. The number of fused-ring (bicyclic) bond motifs is 2. The summed E-state index contributed by atoms with van der Waals surface area (Å²) in [5.74, 6) is 2.68. The zero-order valence-electron chi connectivity index (χ0n) is 19.1. The van der Waals surface area contributed by atoms with Crippen molar-refractivity contribution in [3.63, 3.8) is 0 Å². The van der Waals surface area contributed by atoms with Gasteiger partial charge in [0.2, 0.25) is 5.95 Å². The van der Waals surface area contributed by atoms with Crippen LogP contribution in [0.1, 0.15) is 31.3 Å². The minimum atomic E-state index is 0.496. The Bertz CT molecular complexity index is 1260. The van der Waals surface area contributed by atoms with Gasteiger partial charge in [-0.2, -0.15) is 0 Å². The molecule has 7 nitrogen and oxygen atoms in total. The summed E-state index contributed by atoms with van der Waals surface area (Å²) in [4.78, 5) is 19.9. The molecule has 1 aliphatic heterocycles. The summed E-state index contributed by atoms with van der Waals surface area (Å²) >= 11 is 6.07. The quantitative estimate of drug-likeness (QED) is 0.414. The summed E-state index contributed by atoms with van der Waals surface area (Å²) in [6.45, 7) is 7.48. The predicted octanol–water partition coefficient (Wildman–Crippen LogP) is 4.67. The second-order valence-corrected chi connectivity index (χ2v) is 8.97. The molecule has 2 aromatic carbocycles. The van der Waals surface area contributed by atoms with Gasteiger partial charge in [0, 0.05) is 42.5 Å². The van der Waals surface area contributed by atoms with Crippen LogP contribution in [0.2, 0.25) is 5.02 Å². The molecule has 33 heavy (non-hydrogen) atoms. The molecular formula is C25H29ClN6O. The molecule has 0 atom stereocenters. The average molecular weight is 465 g/mol. The third-order valence-electron chi connectivity index (χ3n) is 6.22. The first-order valence-electron chi connectivity index (χ1n) is 11.6. The summed E-state index contributed by atoms with van der Waals surface area (Å²) in [6.07, 6.45) is 3.00. The molecule has 0 bridgehead atoms. The third kappa shape index (κ3) is 4.89. The van der Waals surface area contributed by atoms with Gasteiger partial charge >= 0.3 is 0 Å². The normalized spacial score (nSPS) is 14.9. The van der Waals surface area contributed by atoms with E-state index in [1.54, 1.807) is 0 Å². The van der Waals surface area contributed by atoms with E-state index in [2.05, 4.69) is 20.2 Å². The van der Waals surface area contributed by atoms with Gasteiger partial charge in [0.1, 0.15) is 11.6 Å². The Morgan fingerprint density at radius 1 is 1.09 bits per heavy atom. The molecular weight excluding hydrogens is 436 g/mol. The maximum Gasteiger partial charge on any atom is 0.226 e. The summed E-state index contributed by atoms with van der Waals surface area (Å²) < 4.78 is 5.62. The van der Waals surface area contributed by atoms with Gasteiger partial charge in [-0.05, 0) is 63.1 Å². The van der Waals surface area contributed by atoms with Crippen LogP contribution in [-0.2, 0) is 6.42 Å². The maximum absolute atomic E-state index is 6.07. The number of aryl methyl sites for hydroxylation is 1. The fourth-order valence-corrected chi connectivity index (χ4v) is 4.65. The molecule has 1 fully saturated rings. The zero-order chi connectivity index (χ0) is 22.8. The third-order valence-corrected chi connectivity index (χ3v) is 6.46. The molecule has 4 aromatic rings. The van der Waals surface area contributed by atoms with Crippen molar-refractivity contribution in [2.75, 3.05) is 31.1 Å². The smallest absolute Gasteiger partial charge is 0.226 e. The lowest BCUT2D eigenvalue weighted by Crippen LogP contribution is -2.43. The van der Waals surface area contributed by atoms with Crippen LogP contribution in [0, 0.1) is 6.92 Å². The van der Waals surface area contributed by atoms with Crippen LogP contribution >= 0.6 is 11.6 Å². The molecule has 0 spiro atoms. The standard InChI is InChI=1S/C25H29ClN6O/c1-3-33-19-5-7-21-20(15-19)16(2)28-25(31-21)32-12-9-18(10-13-32)27-11-8-24-29-22-6-4-17(26)14-23(22)30-24/h4-7,14-15,18,27H,3,8-13H2,1-2H3,(H,29,30). The molecule has 3 heterocycles. The Labute approximate surface area is 198 Å². The number of nitrogens with one attached hydrogen (secondary N) is 2. The second-order valence-electron chi connectivity index (χ2n) is 8.53. The zero-order valence-corrected chi connectivity index (χ0v) is 19.8. The van der Waals surface area contributed by atoms with Crippen molar-refractivity contribution in [1.29, 1.82) is 0 Å². The fraction of sp³-hybridized carbons (Fsp3) is 0.400. The highest BCUT2D eigenvalue weighted by Gasteiger charge is 2.21. The highest BCUT2D eigenvalue weighted by atomic mass is 35.5.